The van der Waals surface area contributed by atoms with Crippen LogP contribution in [0.15, 0.2) is 47.8 Å². The lowest BCUT2D eigenvalue weighted by Crippen LogP contribution is -2.38. The fourth-order valence-electron chi connectivity index (χ4n) is 3.57. The molecule has 28 heavy (non-hydrogen) atoms. The average Bonchev–Trinajstić information content (AvgIpc) is 3.39. The smallest absolute Gasteiger partial charge is 0.270 e. The molecule has 1 amide bonds. The van der Waals surface area contributed by atoms with Crippen LogP contribution in [0.2, 0.25) is 0 Å². The first-order valence-electron chi connectivity index (χ1n) is 9.92. The predicted octanol–water partition coefficient (Wildman–Crippen LogP) is 4.12. The van der Waals surface area contributed by atoms with Gasteiger partial charge in [-0.25, -0.2) is 4.68 Å². The van der Waals surface area contributed by atoms with Crippen molar-refractivity contribution in [1.29, 1.82) is 0 Å². The molecule has 1 saturated heterocycles. The van der Waals surface area contributed by atoms with E-state index >= 15 is 0 Å². The molecule has 146 valence electrons. The number of thiophene rings is 1. The van der Waals surface area contributed by atoms with Crippen LogP contribution in [0.3, 0.4) is 0 Å². The van der Waals surface area contributed by atoms with E-state index in [0.717, 1.165) is 35.9 Å². The number of hydrogen-bond donors (Lipinski definition) is 1. The second-order valence-electron chi connectivity index (χ2n) is 7.30. The molecule has 2 aromatic heterocycles. The van der Waals surface area contributed by atoms with E-state index in [-0.39, 0.29) is 5.91 Å². The zero-order chi connectivity index (χ0) is 19.3. The second kappa shape index (κ2) is 8.71. The zero-order valence-corrected chi connectivity index (χ0v) is 17.0. The predicted molar refractivity (Wildman–Crippen MR) is 114 cm³/mol. The Labute approximate surface area is 170 Å². The maximum atomic E-state index is 12.9. The highest BCUT2D eigenvalue weighted by atomic mass is 32.1. The molecule has 0 saturated carbocycles. The van der Waals surface area contributed by atoms with Crippen LogP contribution < -0.4 is 5.32 Å². The van der Waals surface area contributed by atoms with E-state index in [0.29, 0.717) is 12.2 Å². The van der Waals surface area contributed by atoms with Crippen LogP contribution in [-0.2, 0) is 0 Å². The van der Waals surface area contributed by atoms with E-state index in [1.165, 1.54) is 24.8 Å². The largest absolute Gasteiger partial charge is 0.349 e. The van der Waals surface area contributed by atoms with Crippen molar-refractivity contribution < 1.29 is 4.79 Å². The minimum Gasteiger partial charge on any atom is -0.349 e. The molecule has 5 nitrogen and oxygen atoms in total. The summed E-state index contributed by atoms with van der Waals surface area (Å²) in [5.74, 6) is -0.0760. The van der Waals surface area contributed by atoms with Gasteiger partial charge in [0.05, 0.1) is 10.6 Å². The highest BCUT2D eigenvalue weighted by Crippen LogP contribution is 2.26. The van der Waals surface area contributed by atoms with E-state index in [9.17, 15) is 4.79 Å². The summed E-state index contributed by atoms with van der Waals surface area (Å²) < 4.78 is 1.75. The number of benzene rings is 1. The summed E-state index contributed by atoms with van der Waals surface area (Å²) >= 11 is 1.63. The zero-order valence-electron chi connectivity index (χ0n) is 16.2. The molecule has 3 heterocycles. The van der Waals surface area contributed by atoms with Gasteiger partial charge in [-0.05, 0) is 62.5 Å². The van der Waals surface area contributed by atoms with Gasteiger partial charge in [-0.3, -0.25) is 4.79 Å². The fraction of sp³-hybridized carbons (Fsp3) is 0.364. The van der Waals surface area contributed by atoms with Crippen LogP contribution >= 0.6 is 11.3 Å². The monoisotopic (exact) mass is 394 g/mol. The van der Waals surface area contributed by atoms with Gasteiger partial charge in [-0.15, -0.1) is 11.3 Å². The molecule has 4 rings (SSSR count). The molecule has 3 aromatic rings. The molecule has 0 bridgehead atoms. The van der Waals surface area contributed by atoms with Gasteiger partial charge < -0.3 is 10.2 Å². The minimum atomic E-state index is -0.0760. The number of piperidine rings is 1. The first-order valence-corrected chi connectivity index (χ1v) is 10.8. The van der Waals surface area contributed by atoms with Gasteiger partial charge in [0, 0.05) is 13.1 Å². The maximum absolute atomic E-state index is 12.9. The van der Waals surface area contributed by atoms with E-state index in [4.69, 9.17) is 5.10 Å². The number of amides is 1. The number of carbonyl (C=O) groups is 1. The first-order chi connectivity index (χ1) is 13.7. The van der Waals surface area contributed by atoms with Crippen molar-refractivity contribution in [3.8, 4) is 16.3 Å². The highest BCUT2D eigenvalue weighted by molar-refractivity contribution is 7.13. The molecule has 0 unspecified atom stereocenters. The topological polar surface area (TPSA) is 50.2 Å². The minimum absolute atomic E-state index is 0.0760. The van der Waals surface area contributed by atoms with Crippen molar-refractivity contribution in [3.05, 3.63) is 59.1 Å². The summed E-state index contributed by atoms with van der Waals surface area (Å²) in [5, 5.41) is 9.84. The molecule has 1 aliphatic heterocycles. The number of carbonyl (C=O) groups excluding carboxylic acids is 1. The van der Waals surface area contributed by atoms with E-state index in [1.54, 1.807) is 16.0 Å². The molecule has 1 aliphatic rings. The lowest BCUT2D eigenvalue weighted by Gasteiger charge is -2.26. The third-order valence-corrected chi connectivity index (χ3v) is 6.05. The summed E-state index contributed by atoms with van der Waals surface area (Å²) in [7, 11) is 0. The SMILES string of the molecule is Cc1ccc(-n2nc(-c3cccs3)cc2C(=O)NCCN2CCCCC2)cc1. The third kappa shape index (κ3) is 4.34. The Morgan fingerprint density at radius 3 is 2.64 bits per heavy atom. The van der Waals surface area contributed by atoms with Crippen molar-refractivity contribution >= 4 is 17.2 Å². The molecule has 0 atom stereocenters. The molecule has 1 N–H and O–H groups in total. The Morgan fingerprint density at radius 1 is 1.14 bits per heavy atom. The third-order valence-electron chi connectivity index (χ3n) is 5.16. The standard InChI is InChI=1S/C22H26N4OS/c1-17-7-9-18(10-8-17)26-20(16-19(24-26)21-6-5-15-28-21)22(27)23-11-14-25-12-3-2-4-13-25/h5-10,15-16H,2-4,11-14H2,1H3,(H,23,27). The molecule has 0 spiro atoms. The number of aromatic nitrogens is 2. The number of nitrogens with one attached hydrogen (secondary N) is 1. The van der Waals surface area contributed by atoms with Crippen molar-refractivity contribution in [2.24, 2.45) is 0 Å². The average molecular weight is 395 g/mol. The summed E-state index contributed by atoms with van der Waals surface area (Å²) in [5.41, 5.74) is 3.49. The first kappa shape index (κ1) is 18.9. The van der Waals surface area contributed by atoms with Crippen molar-refractivity contribution in [1.82, 2.24) is 20.0 Å². The van der Waals surface area contributed by atoms with Crippen molar-refractivity contribution in [2.45, 2.75) is 26.2 Å². The van der Waals surface area contributed by atoms with Crippen molar-refractivity contribution in [2.75, 3.05) is 26.2 Å². The van der Waals surface area contributed by atoms with Crippen LogP contribution in [0.5, 0.6) is 0 Å². The molecule has 0 radical (unpaired) electrons. The summed E-state index contributed by atoms with van der Waals surface area (Å²) in [6.07, 6.45) is 3.85. The van der Waals surface area contributed by atoms with Crippen LogP contribution in [0.4, 0.5) is 0 Å². The normalized spacial score (nSPS) is 14.9. The van der Waals surface area contributed by atoms with E-state index in [1.807, 2.05) is 47.8 Å². The molecule has 6 heteroatoms. The number of rotatable bonds is 6. The quantitative estimate of drug-likeness (QED) is 0.684. The van der Waals surface area contributed by atoms with Crippen LogP contribution in [0, 0.1) is 6.92 Å². The molecule has 1 fully saturated rings. The molecular weight excluding hydrogens is 368 g/mol. The van der Waals surface area contributed by atoms with Gasteiger partial charge in [-0.2, -0.15) is 5.10 Å². The van der Waals surface area contributed by atoms with Gasteiger partial charge in [0.15, 0.2) is 0 Å². The lowest BCUT2D eigenvalue weighted by atomic mass is 10.1. The number of aryl methyl sites for hydroxylation is 1. The Morgan fingerprint density at radius 2 is 1.93 bits per heavy atom. The van der Waals surface area contributed by atoms with E-state index in [2.05, 4.69) is 17.1 Å². The number of hydrogen-bond acceptors (Lipinski definition) is 4. The summed E-state index contributed by atoms with van der Waals surface area (Å²) in [6.45, 7) is 5.89. The Bertz CT molecular complexity index is 909. The Kier molecular flexibility index (Phi) is 5.88. The summed E-state index contributed by atoms with van der Waals surface area (Å²) in [6, 6.07) is 14.0. The van der Waals surface area contributed by atoms with Gasteiger partial charge in [0.2, 0.25) is 0 Å². The number of likely N-dealkylation sites (tertiary alicyclic amines) is 1. The molecule has 1 aromatic carbocycles. The summed E-state index contributed by atoms with van der Waals surface area (Å²) in [4.78, 5) is 16.4. The highest BCUT2D eigenvalue weighted by Gasteiger charge is 2.18. The lowest BCUT2D eigenvalue weighted by molar-refractivity contribution is 0.0939. The van der Waals surface area contributed by atoms with Crippen LogP contribution in [0.25, 0.3) is 16.3 Å². The van der Waals surface area contributed by atoms with Gasteiger partial charge >= 0.3 is 0 Å². The fourth-order valence-corrected chi connectivity index (χ4v) is 4.25. The van der Waals surface area contributed by atoms with Gasteiger partial charge in [-0.1, -0.05) is 30.2 Å². The van der Waals surface area contributed by atoms with Crippen LogP contribution in [0.1, 0.15) is 35.3 Å². The Balaban J connectivity index is 1.53. The number of nitrogens with zero attached hydrogens (tertiary/aromatic N) is 3. The molecule has 0 aliphatic carbocycles. The molecular formula is C22H26N4OS. The Hall–Kier alpha value is -2.44. The second-order valence-corrected chi connectivity index (χ2v) is 8.25. The van der Waals surface area contributed by atoms with Gasteiger partial charge in [0.25, 0.3) is 5.91 Å². The van der Waals surface area contributed by atoms with Crippen LogP contribution in [-0.4, -0.2) is 46.8 Å². The van der Waals surface area contributed by atoms with E-state index < -0.39 is 0 Å². The van der Waals surface area contributed by atoms with Gasteiger partial charge in [0.1, 0.15) is 11.4 Å². The van der Waals surface area contributed by atoms with Crippen molar-refractivity contribution in [3.63, 3.8) is 0 Å². The maximum Gasteiger partial charge on any atom is 0.270 e.